The first-order valence-electron chi connectivity index (χ1n) is 6.87. The fourth-order valence-corrected chi connectivity index (χ4v) is 3.61. The predicted molar refractivity (Wildman–Crippen MR) is 81.7 cm³/mol. The SMILES string of the molecule is CC(=O)CCc1cc2c3c(c1)c(Br)c(C)n3CCC2. The van der Waals surface area contributed by atoms with E-state index < -0.39 is 0 Å². The maximum absolute atomic E-state index is 11.2. The summed E-state index contributed by atoms with van der Waals surface area (Å²) in [5, 5.41) is 1.31. The van der Waals surface area contributed by atoms with Crippen molar-refractivity contribution in [2.75, 3.05) is 0 Å². The van der Waals surface area contributed by atoms with Gasteiger partial charge in [0.2, 0.25) is 0 Å². The summed E-state index contributed by atoms with van der Waals surface area (Å²) in [5.74, 6) is 0.265. The van der Waals surface area contributed by atoms with Crippen molar-refractivity contribution in [1.82, 2.24) is 4.57 Å². The lowest BCUT2D eigenvalue weighted by Gasteiger charge is -2.18. The number of nitrogens with zero attached hydrogens (tertiary/aromatic N) is 1. The van der Waals surface area contributed by atoms with Gasteiger partial charge in [-0.1, -0.05) is 6.07 Å². The average molecular weight is 320 g/mol. The van der Waals surface area contributed by atoms with E-state index in [9.17, 15) is 4.79 Å². The fraction of sp³-hybridized carbons (Fsp3) is 0.438. The number of hydrogen-bond donors (Lipinski definition) is 0. The molecule has 0 radical (unpaired) electrons. The van der Waals surface area contributed by atoms with E-state index in [4.69, 9.17) is 0 Å². The van der Waals surface area contributed by atoms with Gasteiger partial charge in [-0.05, 0) is 66.2 Å². The zero-order valence-corrected chi connectivity index (χ0v) is 13.0. The molecule has 2 nitrogen and oxygen atoms in total. The molecule has 0 fully saturated rings. The van der Waals surface area contributed by atoms with Gasteiger partial charge in [0.1, 0.15) is 5.78 Å². The predicted octanol–water partition coefficient (Wildman–Crippen LogP) is 4.18. The van der Waals surface area contributed by atoms with E-state index in [-0.39, 0.29) is 5.78 Å². The minimum absolute atomic E-state index is 0.265. The number of aromatic nitrogens is 1. The average Bonchev–Trinajstić information content (AvgIpc) is 2.64. The van der Waals surface area contributed by atoms with Crippen LogP contribution in [0.25, 0.3) is 10.9 Å². The molecule has 0 bridgehead atoms. The molecule has 3 rings (SSSR count). The number of ketones is 1. The van der Waals surface area contributed by atoms with E-state index in [2.05, 4.69) is 39.6 Å². The summed E-state index contributed by atoms with van der Waals surface area (Å²) >= 11 is 3.73. The second-order valence-electron chi connectivity index (χ2n) is 5.51. The molecule has 2 heterocycles. The van der Waals surface area contributed by atoms with Crippen LogP contribution in [0.15, 0.2) is 16.6 Å². The first-order chi connectivity index (χ1) is 9.08. The van der Waals surface area contributed by atoms with Crippen LogP contribution < -0.4 is 0 Å². The zero-order valence-electron chi connectivity index (χ0n) is 11.4. The quantitative estimate of drug-likeness (QED) is 0.831. The van der Waals surface area contributed by atoms with Crippen LogP contribution in [0.5, 0.6) is 0 Å². The summed E-state index contributed by atoms with van der Waals surface area (Å²) < 4.78 is 3.64. The second-order valence-corrected chi connectivity index (χ2v) is 6.30. The van der Waals surface area contributed by atoms with E-state index in [1.54, 1.807) is 6.92 Å². The highest BCUT2D eigenvalue weighted by Crippen LogP contribution is 2.36. The third kappa shape index (κ3) is 2.14. The molecule has 0 saturated heterocycles. The van der Waals surface area contributed by atoms with Crippen LogP contribution in [0.1, 0.15) is 36.6 Å². The second kappa shape index (κ2) is 4.78. The molecule has 1 aromatic heterocycles. The van der Waals surface area contributed by atoms with Crippen LogP contribution >= 0.6 is 15.9 Å². The summed E-state index contributed by atoms with van der Waals surface area (Å²) in [4.78, 5) is 11.2. The Balaban J connectivity index is 2.14. The number of carbonyl (C=O) groups is 1. The monoisotopic (exact) mass is 319 g/mol. The molecule has 0 spiro atoms. The number of hydrogen-bond acceptors (Lipinski definition) is 1. The van der Waals surface area contributed by atoms with Gasteiger partial charge in [-0.2, -0.15) is 0 Å². The van der Waals surface area contributed by atoms with Gasteiger partial charge in [0, 0.05) is 28.5 Å². The van der Waals surface area contributed by atoms with E-state index in [1.807, 2.05) is 0 Å². The number of benzene rings is 1. The van der Waals surface area contributed by atoms with E-state index in [1.165, 1.54) is 38.6 Å². The summed E-state index contributed by atoms with van der Waals surface area (Å²) in [6.07, 6.45) is 3.86. The van der Waals surface area contributed by atoms with Crippen LogP contribution in [-0.4, -0.2) is 10.4 Å². The first-order valence-corrected chi connectivity index (χ1v) is 7.66. The molecule has 100 valence electrons. The zero-order chi connectivity index (χ0) is 13.6. The fourth-order valence-electron chi connectivity index (χ4n) is 3.09. The summed E-state index contributed by atoms with van der Waals surface area (Å²) in [5.41, 5.74) is 5.44. The number of aryl methyl sites for hydroxylation is 3. The largest absolute Gasteiger partial charge is 0.343 e. The van der Waals surface area contributed by atoms with Crippen molar-refractivity contribution >= 4 is 32.6 Å². The van der Waals surface area contributed by atoms with Crippen molar-refractivity contribution in [2.24, 2.45) is 0 Å². The third-order valence-corrected chi connectivity index (χ3v) is 5.07. The van der Waals surface area contributed by atoms with Crippen molar-refractivity contribution in [2.45, 2.75) is 46.1 Å². The van der Waals surface area contributed by atoms with Gasteiger partial charge in [-0.3, -0.25) is 0 Å². The maximum atomic E-state index is 11.2. The van der Waals surface area contributed by atoms with Gasteiger partial charge in [0.15, 0.2) is 0 Å². The first kappa shape index (κ1) is 12.9. The van der Waals surface area contributed by atoms with Gasteiger partial charge in [0.05, 0.1) is 5.52 Å². The van der Waals surface area contributed by atoms with Gasteiger partial charge in [-0.25, -0.2) is 0 Å². The molecule has 0 amide bonds. The van der Waals surface area contributed by atoms with Crippen molar-refractivity contribution in [3.8, 4) is 0 Å². The highest BCUT2D eigenvalue weighted by Gasteiger charge is 2.19. The standard InChI is InChI=1S/C16H18BrNO/c1-10(19)5-6-12-8-13-4-3-7-18-11(2)15(17)14(9-12)16(13)18/h8-9H,3-7H2,1-2H3. The lowest BCUT2D eigenvalue weighted by Crippen LogP contribution is -2.09. The Morgan fingerprint density at radius 3 is 2.95 bits per heavy atom. The van der Waals surface area contributed by atoms with E-state index in [0.29, 0.717) is 6.42 Å². The Hall–Kier alpha value is -1.09. The Morgan fingerprint density at radius 1 is 1.42 bits per heavy atom. The molecular formula is C16H18BrNO. The number of rotatable bonds is 3. The lowest BCUT2D eigenvalue weighted by molar-refractivity contribution is -0.116. The van der Waals surface area contributed by atoms with Crippen LogP contribution in [0.2, 0.25) is 0 Å². The maximum Gasteiger partial charge on any atom is 0.130 e. The third-order valence-electron chi connectivity index (χ3n) is 4.07. The van der Waals surface area contributed by atoms with Crippen LogP contribution in [0, 0.1) is 6.92 Å². The highest BCUT2D eigenvalue weighted by molar-refractivity contribution is 9.10. The Morgan fingerprint density at radius 2 is 2.21 bits per heavy atom. The van der Waals surface area contributed by atoms with Crippen molar-refractivity contribution in [1.29, 1.82) is 0 Å². The highest BCUT2D eigenvalue weighted by atomic mass is 79.9. The topological polar surface area (TPSA) is 22.0 Å². The summed E-state index contributed by atoms with van der Waals surface area (Å²) in [7, 11) is 0. The molecular weight excluding hydrogens is 302 g/mol. The van der Waals surface area contributed by atoms with Crippen molar-refractivity contribution < 1.29 is 4.79 Å². The normalized spacial score (nSPS) is 14.1. The van der Waals surface area contributed by atoms with Crippen molar-refractivity contribution in [3.63, 3.8) is 0 Å². The molecule has 0 unspecified atom stereocenters. The van der Waals surface area contributed by atoms with E-state index in [0.717, 1.165) is 19.4 Å². The van der Waals surface area contributed by atoms with E-state index >= 15 is 0 Å². The molecule has 1 aliphatic rings. The number of halogens is 1. The molecule has 0 atom stereocenters. The summed E-state index contributed by atoms with van der Waals surface area (Å²) in [6, 6.07) is 4.55. The molecule has 0 saturated carbocycles. The lowest BCUT2D eigenvalue weighted by atomic mass is 9.98. The summed E-state index contributed by atoms with van der Waals surface area (Å²) in [6.45, 7) is 4.96. The van der Waals surface area contributed by atoms with Crippen LogP contribution in [0.3, 0.4) is 0 Å². The van der Waals surface area contributed by atoms with Crippen LogP contribution in [-0.2, 0) is 24.2 Å². The van der Waals surface area contributed by atoms with Crippen molar-refractivity contribution in [3.05, 3.63) is 33.4 Å². The molecule has 3 heteroatoms. The Labute approximate surface area is 121 Å². The minimum Gasteiger partial charge on any atom is -0.343 e. The smallest absolute Gasteiger partial charge is 0.130 e. The minimum atomic E-state index is 0.265. The van der Waals surface area contributed by atoms with Crippen LogP contribution in [0.4, 0.5) is 0 Å². The molecule has 0 aliphatic carbocycles. The number of Topliss-reactive ketones (excluding diaryl/α,β-unsaturated/α-hetero) is 1. The molecule has 1 aromatic carbocycles. The van der Waals surface area contributed by atoms with Gasteiger partial charge < -0.3 is 9.36 Å². The Kier molecular flexibility index (Phi) is 3.25. The molecule has 1 aliphatic heterocycles. The van der Waals surface area contributed by atoms with Gasteiger partial charge in [-0.15, -0.1) is 0 Å². The molecule has 19 heavy (non-hydrogen) atoms. The van der Waals surface area contributed by atoms with Gasteiger partial charge in [0.25, 0.3) is 0 Å². The number of carbonyl (C=O) groups excluding carboxylic acids is 1. The Bertz CT molecular complexity index is 669. The molecule has 2 aromatic rings. The van der Waals surface area contributed by atoms with Gasteiger partial charge >= 0.3 is 0 Å². The molecule has 0 N–H and O–H groups in total.